The Morgan fingerprint density at radius 1 is 1.25 bits per heavy atom. The summed E-state index contributed by atoms with van der Waals surface area (Å²) < 4.78 is 0. The monoisotopic (exact) mass is 216 g/mol. The van der Waals surface area contributed by atoms with Gasteiger partial charge in [-0.3, -0.25) is 4.98 Å². The first-order chi connectivity index (χ1) is 7.89. The van der Waals surface area contributed by atoms with Crippen molar-refractivity contribution in [3.05, 3.63) is 30.1 Å². The van der Waals surface area contributed by atoms with E-state index < -0.39 is 0 Å². The quantitative estimate of drug-likeness (QED) is 0.818. The zero-order chi connectivity index (χ0) is 10.8. The van der Waals surface area contributed by atoms with Crippen LogP contribution in [0.15, 0.2) is 24.5 Å². The van der Waals surface area contributed by atoms with Crippen molar-refractivity contribution in [1.82, 2.24) is 10.3 Å². The van der Waals surface area contributed by atoms with E-state index in [1.165, 1.54) is 44.2 Å². The van der Waals surface area contributed by atoms with E-state index in [9.17, 15) is 0 Å². The largest absolute Gasteiger partial charge is 0.312 e. The maximum atomic E-state index is 4.04. The van der Waals surface area contributed by atoms with Crippen LogP contribution < -0.4 is 5.32 Å². The molecule has 1 aromatic rings. The van der Waals surface area contributed by atoms with Crippen LogP contribution in [-0.4, -0.2) is 11.5 Å². The molecule has 1 heterocycles. The van der Waals surface area contributed by atoms with Crippen LogP contribution in [0, 0.1) is 11.3 Å². The van der Waals surface area contributed by atoms with Gasteiger partial charge in [0.15, 0.2) is 0 Å². The zero-order valence-corrected chi connectivity index (χ0v) is 9.78. The van der Waals surface area contributed by atoms with Gasteiger partial charge in [-0.15, -0.1) is 0 Å². The summed E-state index contributed by atoms with van der Waals surface area (Å²) >= 11 is 0. The topological polar surface area (TPSA) is 24.9 Å². The lowest BCUT2D eigenvalue weighted by atomic mass is 9.65. The molecule has 1 N–H and O–H groups in total. The molecule has 0 unspecified atom stereocenters. The SMILES string of the molecule is c1cc(CNCC2(C3CC3)CCC2)ccn1. The van der Waals surface area contributed by atoms with Gasteiger partial charge in [-0.2, -0.15) is 0 Å². The third-order valence-corrected chi connectivity index (χ3v) is 4.35. The molecule has 2 nitrogen and oxygen atoms in total. The number of nitrogens with zero attached hydrogens (tertiary/aromatic N) is 1. The van der Waals surface area contributed by atoms with Gasteiger partial charge in [-0.05, 0) is 54.7 Å². The molecule has 0 atom stereocenters. The first-order valence-corrected chi connectivity index (χ1v) is 6.49. The van der Waals surface area contributed by atoms with Gasteiger partial charge in [0, 0.05) is 25.5 Å². The molecule has 3 rings (SSSR count). The normalized spacial score (nSPS) is 22.8. The molecule has 2 heteroatoms. The Bertz CT molecular complexity index is 339. The number of aromatic nitrogens is 1. The fraction of sp³-hybridized carbons (Fsp3) is 0.643. The molecular formula is C14H20N2. The number of nitrogens with one attached hydrogen (secondary N) is 1. The van der Waals surface area contributed by atoms with Gasteiger partial charge in [-0.1, -0.05) is 6.42 Å². The second-order valence-corrected chi connectivity index (χ2v) is 5.45. The molecule has 0 aliphatic heterocycles. The van der Waals surface area contributed by atoms with Crippen molar-refractivity contribution in [1.29, 1.82) is 0 Å². The summed E-state index contributed by atoms with van der Waals surface area (Å²) in [5.41, 5.74) is 2.04. The molecule has 0 bridgehead atoms. The molecule has 0 amide bonds. The minimum atomic E-state index is 0.688. The Balaban J connectivity index is 1.49. The lowest BCUT2D eigenvalue weighted by molar-refractivity contribution is 0.0987. The van der Waals surface area contributed by atoms with Gasteiger partial charge in [0.05, 0.1) is 0 Å². The molecule has 2 fully saturated rings. The lowest BCUT2D eigenvalue weighted by Gasteiger charge is -2.43. The molecule has 0 spiro atoms. The van der Waals surface area contributed by atoms with Crippen LogP contribution in [0.3, 0.4) is 0 Å². The second kappa shape index (κ2) is 4.17. The predicted molar refractivity (Wildman–Crippen MR) is 65.0 cm³/mol. The van der Waals surface area contributed by atoms with Crippen molar-refractivity contribution in [2.75, 3.05) is 6.54 Å². The van der Waals surface area contributed by atoms with Crippen LogP contribution in [0.4, 0.5) is 0 Å². The average Bonchev–Trinajstić information content (AvgIpc) is 3.08. The highest BCUT2D eigenvalue weighted by Crippen LogP contribution is 2.56. The maximum Gasteiger partial charge on any atom is 0.0271 e. The molecular weight excluding hydrogens is 196 g/mol. The lowest BCUT2D eigenvalue weighted by Crippen LogP contribution is -2.41. The molecule has 86 valence electrons. The van der Waals surface area contributed by atoms with Gasteiger partial charge in [0.1, 0.15) is 0 Å². The number of hydrogen-bond acceptors (Lipinski definition) is 2. The highest BCUT2D eigenvalue weighted by Gasteiger charge is 2.48. The summed E-state index contributed by atoms with van der Waals surface area (Å²) in [5, 5.41) is 3.64. The first kappa shape index (κ1) is 10.3. The van der Waals surface area contributed by atoms with Crippen LogP contribution in [0.1, 0.15) is 37.7 Å². The molecule has 0 saturated heterocycles. The van der Waals surface area contributed by atoms with E-state index in [0.29, 0.717) is 5.41 Å². The van der Waals surface area contributed by atoms with E-state index in [-0.39, 0.29) is 0 Å². The smallest absolute Gasteiger partial charge is 0.0271 e. The van der Waals surface area contributed by atoms with Crippen LogP contribution >= 0.6 is 0 Å². The van der Waals surface area contributed by atoms with Crippen molar-refractivity contribution in [2.45, 2.75) is 38.6 Å². The highest BCUT2D eigenvalue weighted by molar-refractivity contribution is 5.09. The molecule has 2 aliphatic carbocycles. The van der Waals surface area contributed by atoms with Crippen molar-refractivity contribution in [2.24, 2.45) is 11.3 Å². The summed E-state index contributed by atoms with van der Waals surface area (Å²) in [6, 6.07) is 4.19. The van der Waals surface area contributed by atoms with E-state index in [1.807, 2.05) is 12.4 Å². The Hall–Kier alpha value is -0.890. The third-order valence-electron chi connectivity index (χ3n) is 4.35. The molecule has 0 radical (unpaired) electrons. The maximum absolute atomic E-state index is 4.04. The highest BCUT2D eigenvalue weighted by atomic mass is 14.9. The van der Waals surface area contributed by atoms with E-state index in [1.54, 1.807) is 0 Å². The van der Waals surface area contributed by atoms with Crippen molar-refractivity contribution >= 4 is 0 Å². The Morgan fingerprint density at radius 2 is 2.00 bits per heavy atom. The Kier molecular flexibility index (Phi) is 2.68. The van der Waals surface area contributed by atoms with E-state index in [2.05, 4.69) is 22.4 Å². The molecule has 2 saturated carbocycles. The summed E-state index contributed by atoms with van der Waals surface area (Å²) in [5.74, 6) is 1.05. The van der Waals surface area contributed by atoms with Gasteiger partial charge in [0.25, 0.3) is 0 Å². The van der Waals surface area contributed by atoms with Crippen molar-refractivity contribution in [3.63, 3.8) is 0 Å². The zero-order valence-electron chi connectivity index (χ0n) is 9.78. The van der Waals surface area contributed by atoms with Crippen LogP contribution in [0.5, 0.6) is 0 Å². The predicted octanol–water partition coefficient (Wildman–Crippen LogP) is 2.75. The van der Waals surface area contributed by atoms with Crippen molar-refractivity contribution in [3.8, 4) is 0 Å². The Labute approximate surface area is 97.5 Å². The number of rotatable bonds is 5. The minimum Gasteiger partial charge on any atom is -0.312 e. The van der Waals surface area contributed by atoms with E-state index in [4.69, 9.17) is 0 Å². The van der Waals surface area contributed by atoms with Crippen LogP contribution in [-0.2, 0) is 6.54 Å². The summed E-state index contributed by atoms with van der Waals surface area (Å²) in [6.07, 6.45) is 11.1. The summed E-state index contributed by atoms with van der Waals surface area (Å²) in [6.45, 7) is 2.22. The fourth-order valence-electron chi connectivity index (χ4n) is 3.01. The van der Waals surface area contributed by atoms with Gasteiger partial charge >= 0.3 is 0 Å². The fourth-order valence-corrected chi connectivity index (χ4v) is 3.01. The van der Waals surface area contributed by atoms with E-state index >= 15 is 0 Å². The standard InChI is InChI=1S/C14H20N2/c1-6-14(7-1,13-2-3-13)11-16-10-12-4-8-15-9-5-12/h4-5,8-9,13,16H,1-3,6-7,10-11H2. The molecule has 16 heavy (non-hydrogen) atoms. The molecule has 2 aliphatic rings. The van der Waals surface area contributed by atoms with E-state index in [0.717, 1.165) is 12.5 Å². The number of hydrogen-bond donors (Lipinski definition) is 1. The number of pyridine rings is 1. The minimum absolute atomic E-state index is 0.688. The third kappa shape index (κ3) is 1.99. The molecule has 0 aromatic carbocycles. The average molecular weight is 216 g/mol. The van der Waals surface area contributed by atoms with Gasteiger partial charge in [-0.25, -0.2) is 0 Å². The van der Waals surface area contributed by atoms with Crippen LogP contribution in [0.25, 0.3) is 0 Å². The van der Waals surface area contributed by atoms with Gasteiger partial charge < -0.3 is 5.32 Å². The summed E-state index contributed by atoms with van der Waals surface area (Å²) in [7, 11) is 0. The Morgan fingerprint density at radius 3 is 2.56 bits per heavy atom. The van der Waals surface area contributed by atoms with Gasteiger partial charge in [0.2, 0.25) is 0 Å². The second-order valence-electron chi connectivity index (χ2n) is 5.45. The molecule has 1 aromatic heterocycles. The van der Waals surface area contributed by atoms with Crippen LogP contribution in [0.2, 0.25) is 0 Å². The van der Waals surface area contributed by atoms with Crippen molar-refractivity contribution < 1.29 is 0 Å². The summed E-state index contributed by atoms with van der Waals surface area (Å²) in [4.78, 5) is 4.04. The first-order valence-electron chi connectivity index (χ1n) is 6.49.